The molecule has 0 fully saturated rings. The van der Waals surface area contributed by atoms with Crippen molar-refractivity contribution < 1.29 is 9.53 Å². The average Bonchev–Trinajstić information content (AvgIpc) is 2.67. The van der Waals surface area contributed by atoms with Crippen LogP contribution >= 0.6 is 0 Å². The van der Waals surface area contributed by atoms with Gasteiger partial charge in [0.2, 0.25) is 0 Å². The highest BCUT2D eigenvalue weighted by Crippen LogP contribution is 2.31. The smallest absolute Gasteiger partial charge is 0.254 e. The van der Waals surface area contributed by atoms with Crippen LogP contribution < -0.4 is 10.1 Å². The Morgan fingerprint density at radius 3 is 3.00 bits per heavy atom. The number of aryl methyl sites for hydroxylation is 1. The lowest BCUT2D eigenvalue weighted by atomic mass is 10.0. The van der Waals surface area contributed by atoms with Crippen molar-refractivity contribution in [2.24, 2.45) is 0 Å². The minimum Gasteiger partial charge on any atom is -0.492 e. The van der Waals surface area contributed by atoms with Gasteiger partial charge in [-0.15, -0.1) is 0 Å². The van der Waals surface area contributed by atoms with E-state index in [0.717, 1.165) is 12.2 Å². The first-order valence-electron chi connectivity index (χ1n) is 4.71. The van der Waals surface area contributed by atoms with Crippen LogP contribution in [0.3, 0.4) is 0 Å². The van der Waals surface area contributed by atoms with Crippen LogP contribution in [0.4, 0.5) is 0 Å². The summed E-state index contributed by atoms with van der Waals surface area (Å²) in [5.41, 5.74) is 3.02. The summed E-state index contributed by atoms with van der Waals surface area (Å²) in [6.07, 6.45) is 0.909. The Bertz CT molecular complexity index is 385. The molecule has 1 aliphatic heterocycles. The number of hydrogen-bond acceptors (Lipinski definition) is 2. The molecule has 3 heteroatoms. The maximum atomic E-state index is 11.5. The molecule has 0 bridgehead atoms. The Morgan fingerprint density at radius 2 is 2.29 bits per heavy atom. The summed E-state index contributed by atoms with van der Waals surface area (Å²) in [6.45, 7) is 2.73. The number of hydrogen-bond donors (Lipinski definition) is 1. The second-order valence-electron chi connectivity index (χ2n) is 3.42. The minimum absolute atomic E-state index is 0.0804. The monoisotopic (exact) mass is 191 g/mol. The van der Waals surface area contributed by atoms with E-state index in [9.17, 15) is 4.79 Å². The normalized spacial score (nSPS) is 13.3. The molecule has 1 aromatic carbocycles. The summed E-state index contributed by atoms with van der Waals surface area (Å²) < 4.78 is 5.47. The molecule has 1 N–H and O–H groups in total. The van der Waals surface area contributed by atoms with Crippen LogP contribution in [-0.4, -0.2) is 19.6 Å². The fraction of sp³-hybridized carbons (Fsp3) is 0.364. The number of ether oxygens (including phenoxy) is 1. The lowest BCUT2D eigenvalue weighted by molar-refractivity contribution is 0.0960. The zero-order valence-corrected chi connectivity index (χ0v) is 8.39. The summed E-state index contributed by atoms with van der Waals surface area (Å²) in [4.78, 5) is 11.5. The predicted molar refractivity (Wildman–Crippen MR) is 53.8 cm³/mol. The van der Waals surface area contributed by atoms with Crippen molar-refractivity contribution in [1.29, 1.82) is 0 Å². The summed E-state index contributed by atoms with van der Waals surface area (Å²) in [5, 5.41) is 2.61. The molecule has 0 saturated heterocycles. The zero-order chi connectivity index (χ0) is 10.1. The molecular formula is C11H13NO2. The molecule has 14 heavy (non-hydrogen) atoms. The lowest BCUT2D eigenvalue weighted by Gasteiger charge is -2.08. The van der Waals surface area contributed by atoms with Gasteiger partial charge >= 0.3 is 0 Å². The maximum Gasteiger partial charge on any atom is 0.254 e. The third kappa shape index (κ3) is 1.25. The first-order valence-corrected chi connectivity index (χ1v) is 4.71. The Morgan fingerprint density at radius 1 is 1.50 bits per heavy atom. The number of carbonyl (C=O) groups is 1. The Balaban J connectivity index is 2.53. The van der Waals surface area contributed by atoms with Crippen LogP contribution in [0.15, 0.2) is 12.1 Å². The molecule has 0 atom stereocenters. The average molecular weight is 191 g/mol. The topological polar surface area (TPSA) is 38.3 Å². The van der Waals surface area contributed by atoms with E-state index in [4.69, 9.17) is 4.74 Å². The van der Waals surface area contributed by atoms with Crippen molar-refractivity contribution in [2.45, 2.75) is 13.3 Å². The standard InChI is InChI=1S/C11H13NO2/c1-7-3-4-9(11(13)12-2)10-8(7)5-6-14-10/h3-4H,5-6H2,1-2H3,(H,12,13). The first-order chi connectivity index (χ1) is 6.74. The molecule has 3 nitrogen and oxygen atoms in total. The highest BCUT2D eigenvalue weighted by Gasteiger charge is 2.21. The molecule has 0 unspecified atom stereocenters. The fourth-order valence-electron chi connectivity index (χ4n) is 1.77. The lowest BCUT2D eigenvalue weighted by Crippen LogP contribution is -2.18. The first kappa shape index (κ1) is 9.06. The molecule has 0 spiro atoms. The van der Waals surface area contributed by atoms with Crippen LogP contribution in [0.5, 0.6) is 5.75 Å². The number of fused-ring (bicyclic) bond motifs is 1. The van der Waals surface area contributed by atoms with Gasteiger partial charge in [0.25, 0.3) is 5.91 Å². The van der Waals surface area contributed by atoms with Crippen molar-refractivity contribution in [1.82, 2.24) is 5.32 Å². The van der Waals surface area contributed by atoms with Crippen LogP contribution in [0, 0.1) is 6.92 Å². The number of carbonyl (C=O) groups excluding carboxylic acids is 1. The van der Waals surface area contributed by atoms with Gasteiger partial charge in [-0.1, -0.05) is 6.07 Å². The van der Waals surface area contributed by atoms with Gasteiger partial charge in [-0.05, 0) is 18.6 Å². The van der Waals surface area contributed by atoms with Crippen molar-refractivity contribution in [3.05, 3.63) is 28.8 Å². The van der Waals surface area contributed by atoms with Crippen molar-refractivity contribution in [2.75, 3.05) is 13.7 Å². The largest absolute Gasteiger partial charge is 0.492 e. The van der Waals surface area contributed by atoms with Crippen molar-refractivity contribution in [3.8, 4) is 5.75 Å². The van der Waals surface area contributed by atoms with Crippen LogP contribution in [-0.2, 0) is 6.42 Å². The number of amides is 1. The van der Waals surface area contributed by atoms with Gasteiger partial charge in [0.15, 0.2) is 0 Å². The molecule has 1 amide bonds. The summed E-state index contributed by atoms with van der Waals surface area (Å²) in [7, 11) is 1.63. The summed E-state index contributed by atoms with van der Waals surface area (Å²) >= 11 is 0. The van der Waals surface area contributed by atoms with E-state index in [-0.39, 0.29) is 5.91 Å². The van der Waals surface area contributed by atoms with E-state index in [1.54, 1.807) is 7.05 Å². The van der Waals surface area contributed by atoms with Gasteiger partial charge in [-0.25, -0.2) is 0 Å². The van der Waals surface area contributed by atoms with E-state index < -0.39 is 0 Å². The van der Waals surface area contributed by atoms with Crippen LogP contribution in [0.25, 0.3) is 0 Å². The third-order valence-electron chi connectivity index (χ3n) is 2.56. The zero-order valence-electron chi connectivity index (χ0n) is 8.39. The molecule has 74 valence electrons. The van der Waals surface area contributed by atoms with Gasteiger partial charge in [0.05, 0.1) is 12.2 Å². The Kier molecular flexibility index (Phi) is 2.15. The van der Waals surface area contributed by atoms with Crippen molar-refractivity contribution in [3.63, 3.8) is 0 Å². The van der Waals surface area contributed by atoms with Crippen LogP contribution in [0.2, 0.25) is 0 Å². The van der Waals surface area contributed by atoms with E-state index in [1.807, 2.05) is 19.1 Å². The second-order valence-corrected chi connectivity index (χ2v) is 3.42. The van der Waals surface area contributed by atoms with Gasteiger partial charge < -0.3 is 10.1 Å². The van der Waals surface area contributed by atoms with Gasteiger partial charge in [-0.3, -0.25) is 4.79 Å². The molecule has 2 rings (SSSR count). The van der Waals surface area contributed by atoms with Crippen LogP contribution in [0.1, 0.15) is 21.5 Å². The van der Waals surface area contributed by atoms with Gasteiger partial charge in [0.1, 0.15) is 5.75 Å². The minimum atomic E-state index is -0.0804. The van der Waals surface area contributed by atoms with E-state index in [2.05, 4.69) is 5.32 Å². The highest BCUT2D eigenvalue weighted by molar-refractivity contribution is 5.97. The van der Waals surface area contributed by atoms with E-state index >= 15 is 0 Å². The predicted octanol–water partition coefficient (Wildman–Crippen LogP) is 1.29. The Hall–Kier alpha value is -1.51. The quantitative estimate of drug-likeness (QED) is 0.726. The molecule has 1 aliphatic rings. The fourth-order valence-corrected chi connectivity index (χ4v) is 1.77. The summed E-state index contributed by atoms with van der Waals surface area (Å²) in [6, 6.07) is 3.79. The van der Waals surface area contributed by atoms with Gasteiger partial charge in [0, 0.05) is 19.0 Å². The molecule has 0 radical (unpaired) electrons. The molecule has 0 aromatic heterocycles. The second kappa shape index (κ2) is 3.33. The Labute approximate surface area is 83.1 Å². The molecule has 0 aliphatic carbocycles. The number of nitrogens with one attached hydrogen (secondary N) is 1. The SMILES string of the molecule is CNC(=O)c1ccc(C)c2c1OCC2. The summed E-state index contributed by atoms with van der Waals surface area (Å²) in [5.74, 6) is 0.688. The van der Waals surface area contributed by atoms with Crippen molar-refractivity contribution >= 4 is 5.91 Å². The molecule has 0 saturated carbocycles. The van der Waals surface area contributed by atoms with E-state index in [0.29, 0.717) is 12.2 Å². The van der Waals surface area contributed by atoms with E-state index in [1.165, 1.54) is 11.1 Å². The third-order valence-corrected chi connectivity index (χ3v) is 2.56. The molecular weight excluding hydrogens is 178 g/mol. The highest BCUT2D eigenvalue weighted by atomic mass is 16.5. The number of rotatable bonds is 1. The van der Waals surface area contributed by atoms with Gasteiger partial charge in [-0.2, -0.15) is 0 Å². The molecule has 1 heterocycles. The number of benzene rings is 1. The maximum absolute atomic E-state index is 11.5. The molecule has 1 aromatic rings.